The van der Waals surface area contributed by atoms with Crippen molar-refractivity contribution in [2.45, 2.75) is 51.9 Å². The van der Waals surface area contributed by atoms with E-state index in [1.54, 1.807) is 0 Å². The second kappa shape index (κ2) is 7.02. The highest BCUT2D eigenvalue weighted by atomic mass is 16.5. The number of rotatable bonds is 5. The van der Waals surface area contributed by atoms with E-state index in [-0.39, 0.29) is 5.41 Å². The van der Waals surface area contributed by atoms with Crippen LogP contribution in [-0.2, 0) is 5.41 Å². The van der Waals surface area contributed by atoms with Crippen molar-refractivity contribution in [2.75, 3.05) is 26.2 Å². The van der Waals surface area contributed by atoms with Crippen molar-refractivity contribution in [3.05, 3.63) is 18.0 Å². The van der Waals surface area contributed by atoms with Crippen LogP contribution in [0.2, 0.25) is 0 Å². The molecule has 20 heavy (non-hydrogen) atoms. The van der Waals surface area contributed by atoms with Crippen LogP contribution in [0.1, 0.15) is 52.0 Å². The molecule has 1 aromatic rings. The van der Waals surface area contributed by atoms with Crippen molar-refractivity contribution in [2.24, 2.45) is 0 Å². The molecule has 1 aliphatic rings. The van der Waals surface area contributed by atoms with Crippen LogP contribution in [0.25, 0.3) is 0 Å². The molecule has 2 heterocycles. The Morgan fingerprint density at radius 2 is 1.75 bits per heavy atom. The summed E-state index contributed by atoms with van der Waals surface area (Å²) < 4.78 is 5.62. The Morgan fingerprint density at radius 3 is 2.35 bits per heavy atom. The molecule has 0 unspecified atom stereocenters. The van der Waals surface area contributed by atoms with Crippen LogP contribution in [0.3, 0.4) is 0 Å². The Bertz CT molecular complexity index is 391. The Morgan fingerprint density at radius 1 is 1.10 bits per heavy atom. The van der Waals surface area contributed by atoms with Gasteiger partial charge in [0.1, 0.15) is 0 Å². The van der Waals surface area contributed by atoms with Crippen LogP contribution in [0.15, 0.2) is 12.4 Å². The number of hydrogen-bond acceptors (Lipinski definition) is 4. The first-order valence-electron chi connectivity index (χ1n) is 7.73. The lowest BCUT2D eigenvalue weighted by Gasteiger charge is -2.26. The molecule has 0 aromatic carbocycles. The minimum atomic E-state index is 0.0901. The topological polar surface area (TPSA) is 38.2 Å². The average molecular weight is 277 g/mol. The van der Waals surface area contributed by atoms with E-state index in [2.05, 4.69) is 35.6 Å². The van der Waals surface area contributed by atoms with Crippen molar-refractivity contribution in [3.63, 3.8) is 0 Å². The first-order valence-corrected chi connectivity index (χ1v) is 7.73. The van der Waals surface area contributed by atoms with Gasteiger partial charge in [-0.25, -0.2) is 9.97 Å². The van der Waals surface area contributed by atoms with E-state index in [1.807, 2.05) is 12.4 Å². The third kappa shape index (κ3) is 4.75. The van der Waals surface area contributed by atoms with Gasteiger partial charge in [0, 0.05) is 18.9 Å². The fourth-order valence-electron chi connectivity index (χ4n) is 2.41. The third-order valence-electron chi connectivity index (χ3n) is 3.79. The molecule has 0 N–H and O–H groups in total. The molecule has 4 nitrogen and oxygen atoms in total. The molecule has 4 heteroatoms. The van der Waals surface area contributed by atoms with E-state index in [1.165, 1.54) is 32.4 Å². The summed E-state index contributed by atoms with van der Waals surface area (Å²) in [6.07, 6.45) is 8.86. The SMILES string of the molecule is CC(C)(C)c1cnc(OCCCN2CCCCC2)nc1. The summed E-state index contributed by atoms with van der Waals surface area (Å²) in [4.78, 5) is 11.1. The summed E-state index contributed by atoms with van der Waals surface area (Å²) in [5.41, 5.74) is 1.23. The molecule has 0 radical (unpaired) electrons. The van der Waals surface area contributed by atoms with Gasteiger partial charge in [-0.15, -0.1) is 0 Å². The molecule has 112 valence electrons. The van der Waals surface area contributed by atoms with Crippen LogP contribution < -0.4 is 4.74 Å². The number of piperidine rings is 1. The molecule has 2 rings (SSSR count). The maximum atomic E-state index is 5.62. The normalized spacial score (nSPS) is 17.1. The van der Waals surface area contributed by atoms with Crippen LogP contribution in [0.5, 0.6) is 6.01 Å². The highest BCUT2D eigenvalue weighted by Crippen LogP contribution is 2.20. The Labute approximate surface area is 122 Å². The predicted molar refractivity (Wildman–Crippen MR) is 81.1 cm³/mol. The molecule has 1 aliphatic heterocycles. The van der Waals surface area contributed by atoms with E-state index in [0.717, 1.165) is 18.5 Å². The molecule has 1 aromatic heterocycles. The molecule has 0 bridgehead atoms. The molecule has 0 amide bonds. The highest BCUT2D eigenvalue weighted by Gasteiger charge is 2.14. The van der Waals surface area contributed by atoms with Crippen LogP contribution in [0, 0.1) is 0 Å². The van der Waals surface area contributed by atoms with Gasteiger partial charge in [-0.2, -0.15) is 0 Å². The van der Waals surface area contributed by atoms with Gasteiger partial charge in [0.2, 0.25) is 0 Å². The lowest BCUT2D eigenvalue weighted by atomic mass is 9.89. The van der Waals surface area contributed by atoms with Gasteiger partial charge in [-0.05, 0) is 43.3 Å². The second-order valence-corrected chi connectivity index (χ2v) is 6.61. The summed E-state index contributed by atoms with van der Waals surface area (Å²) in [6, 6.07) is 0.497. The largest absolute Gasteiger partial charge is 0.463 e. The van der Waals surface area contributed by atoms with Gasteiger partial charge >= 0.3 is 6.01 Å². The van der Waals surface area contributed by atoms with Crippen molar-refractivity contribution in [1.82, 2.24) is 14.9 Å². The standard InChI is InChI=1S/C16H27N3O/c1-16(2,3)14-12-17-15(18-13-14)20-11-7-10-19-8-5-4-6-9-19/h12-13H,4-11H2,1-3H3. The maximum Gasteiger partial charge on any atom is 0.316 e. The first kappa shape index (κ1) is 15.2. The monoisotopic (exact) mass is 277 g/mol. The van der Waals surface area contributed by atoms with E-state index < -0.39 is 0 Å². The molecular formula is C16H27N3O. The number of aromatic nitrogens is 2. The van der Waals surface area contributed by atoms with Crippen LogP contribution >= 0.6 is 0 Å². The van der Waals surface area contributed by atoms with Gasteiger partial charge in [0.05, 0.1) is 6.61 Å². The van der Waals surface area contributed by atoms with E-state index in [9.17, 15) is 0 Å². The number of nitrogens with zero attached hydrogens (tertiary/aromatic N) is 3. The quantitative estimate of drug-likeness (QED) is 0.775. The van der Waals surface area contributed by atoms with Gasteiger partial charge in [0.25, 0.3) is 0 Å². The zero-order valence-electron chi connectivity index (χ0n) is 13.1. The van der Waals surface area contributed by atoms with E-state index in [4.69, 9.17) is 4.74 Å². The number of ether oxygens (including phenoxy) is 1. The van der Waals surface area contributed by atoms with Crippen molar-refractivity contribution in [3.8, 4) is 6.01 Å². The third-order valence-corrected chi connectivity index (χ3v) is 3.79. The Kier molecular flexibility index (Phi) is 5.35. The fourth-order valence-corrected chi connectivity index (χ4v) is 2.41. The van der Waals surface area contributed by atoms with Gasteiger partial charge in [-0.1, -0.05) is 27.2 Å². The summed E-state index contributed by atoms with van der Waals surface area (Å²) >= 11 is 0. The van der Waals surface area contributed by atoms with Crippen molar-refractivity contribution >= 4 is 0 Å². The summed E-state index contributed by atoms with van der Waals surface area (Å²) in [7, 11) is 0. The molecule has 1 saturated heterocycles. The molecule has 1 fully saturated rings. The zero-order valence-corrected chi connectivity index (χ0v) is 13.1. The molecule has 0 saturated carbocycles. The lowest BCUT2D eigenvalue weighted by Crippen LogP contribution is -2.31. The number of hydrogen-bond donors (Lipinski definition) is 0. The van der Waals surface area contributed by atoms with Gasteiger partial charge in [-0.3, -0.25) is 0 Å². The van der Waals surface area contributed by atoms with Crippen LogP contribution in [0.4, 0.5) is 0 Å². The van der Waals surface area contributed by atoms with Gasteiger partial charge in [0.15, 0.2) is 0 Å². The average Bonchev–Trinajstić information content (AvgIpc) is 2.44. The summed E-state index contributed by atoms with van der Waals surface area (Å²) in [5, 5.41) is 0. The summed E-state index contributed by atoms with van der Waals surface area (Å²) in [6.45, 7) is 10.8. The lowest BCUT2D eigenvalue weighted by molar-refractivity contribution is 0.200. The summed E-state index contributed by atoms with van der Waals surface area (Å²) in [5.74, 6) is 0. The maximum absolute atomic E-state index is 5.62. The zero-order chi connectivity index (χ0) is 14.4. The van der Waals surface area contributed by atoms with E-state index >= 15 is 0 Å². The minimum absolute atomic E-state index is 0.0901. The Hall–Kier alpha value is -1.16. The van der Waals surface area contributed by atoms with Gasteiger partial charge < -0.3 is 9.64 Å². The Balaban J connectivity index is 1.68. The van der Waals surface area contributed by atoms with Crippen molar-refractivity contribution < 1.29 is 4.74 Å². The fraction of sp³-hybridized carbons (Fsp3) is 0.750. The molecule has 0 aliphatic carbocycles. The highest BCUT2D eigenvalue weighted by molar-refractivity contribution is 5.16. The minimum Gasteiger partial charge on any atom is -0.463 e. The first-order chi connectivity index (χ1) is 9.55. The van der Waals surface area contributed by atoms with E-state index in [0.29, 0.717) is 12.6 Å². The molecule has 0 spiro atoms. The smallest absolute Gasteiger partial charge is 0.316 e. The number of likely N-dealkylation sites (tertiary alicyclic amines) is 1. The molecule has 0 atom stereocenters. The second-order valence-electron chi connectivity index (χ2n) is 6.61. The van der Waals surface area contributed by atoms with Crippen LogP contribution in [-0.4, -0.2) is 41.1 Å². The predicted octanol–water partition coefficient (Wildman–Crippen LogP) is 3.03. The van der Waals surface area contributed by atoms with Crippen molar-refractivity contribution in [1.29, 1.82) is 0 Å². The molecular weight excluding hydrogens is 250 g/mol.